The number of aromatic nitrogens is 1. The molecular weight excluding hydrogens is 322 g/mol. The Balaban J connectivity index is 1.60. The first kappa shape index (κ1) is 16.2. The van der Waals surface area contributed by atoms with Crippen molar-refractivity contribution in [3.8, 4) is 11.4 Å². The second-order valence-electron chi connectivity index (χ2n) is 5.18. The molecule has 0 spiro atoms. The van der Waals surface area contributed by atoms with Gasteiger partial charge in [0.25, 0.3) is 0 Å². The summed E-state index contributed by atoms with van der Waals surface area (Å²) in [7, 11) is 0. The van der Waals surface area contributed by atoms with Gasteiger partial charge in [0.2, 0.25) is 0 Å². The number of aliphatic carboxylic acids is 1. The topological polar surface area (TPSA) is 51.5 Å². The summed E-state index contributed by atoms with van der Waals surface area (Å²) in [6, 6.07) is 19.3. The maximum absolute atomic E-state index is 10.7. The highest BCUT2D eigenvalue weighted by Crippen LogP contribution is 2.26. The van der Waals surface area contributed by atoms with Crippen molar-refractivity contribution in [3.05, 3.63) is 78.6 Å². The molecule has 1 heterocycles. The first-order valence-electron chi connectivity index (χ1n) is 7.51. The number of carboxylic acid groups (broad SMARTS) is 1. The number of para-hydroxylation sites is 1. The minimum Gasteiger partial charge on any atom is -0.483 e. The lowest BCUT2D eigenvalue weighted by Crippen LogP contribution is -2.00. The molecule has 0 aliphatic carbocycles. The fraction of sp³-hybridized carbons (Fsp3) is 0.105. The molecule has 5 heteroatoms. The Labute approximate surface area is 144 Å². The number of carboxylic acids is 1. The highest BCUT2D eigenvalue weighted by Gasteiger charge is 2.05. The first-order valence-corrected chi connectivity index (χ1v) is 8.49. The predicted molar refractivity (Wildman–Crippen MR) is 94.9 cm³/mol. The molecule has 3 aromatic rings. The minimum atomic E-state index is -0.833. The highest BCUT2D eigenvalue weighted by atomic mass is 32.2. The van der Waals surface area contributed by atoms with Crippen LogP contribution >= 0.6 is 11.8 Å². The van der Waals surface area contributed by atoms with Gasteiger partial charge in [-0.15, -0.1) is 0 Å². The molecular formula is C19H17NO3S. The molecule has 2 aromatic carbocycles. The van der Waals surface area contributed by atoms with E-state index in [-0.39, 0.29) is 6.42 Å². The van der Waals surface area contributed by atoms with Crippen LogP contribution in [0, 0.1) is 0 Å². The van der Waals surface area contributed by atoms with E-state index < -0.39 is 5.97 Å². The number of hydrogen-bond donors (Lipinski definition) is 1. The summed E-state index contributed by atoms with van der Waals surface area (Å²) in [5.74, 6) is 0.382. The highest BCUT2D eigenvalue weighted by molar-refractivity contribution is 7.99. The second-order valence-corrected chi connectivity index (χ2v) is 6.14. The summed E-state index contributed by atoms with van der Waals surface area (Å²) in [6.45, 7) is 0. The van der Waals surface area contributed by atoms with E-state index >= 15 is 0 Å². The van der Waals surface area contributed by atoms with E-state index in [2.05, 4.69) is 16.7 Å². The Morgan fingerprint density at radius 1 is 1.00 bits per heavy atom. The number of ether oxygens (including phenoxy) is 1. The lowest BCUT2D eigenvalue weighted by Gasteiger charge is -2.11. The third-order valence-electron chi connectivity index (χ3n) is 3.47. The molecule has 4 nitrogen and oxygen atoms in total. The quantitative estimate of drug-likeness (QED) is 0.517. The molecule has 0 radical (unpaired) electrons. The molecule has 0 amide bonds. The van der Waals surface area contributed by atoms with E-state index in [1.807, 2.05) is 36.7 Å². The van der Waals surface area contributed by atoms with Crippen molar-refractivity contribution in [2.75, 3.05) is 5.94 Å². The van der Waals surface area contributed by atoms with Crippen molar-refractivity contribution in [1.82, 2.24) is 4.57 Å². The van der Waals surface area contributed by atoms with E-state index in [0.717, 1.165) is 21.9 Å². The lowest BCUT2D eigenvalue weighted by atomic mass is 10.1. The molecule has 0 saturated carbocycles. The molecule has 0 aliphatic heterocycles. The van der Waals surface area contributed by atoms with Crippen LogP contribution in [0.15, 0.2) is 78.0 Å². The number of rotatable bonds is 7. The SMILES string of the molecule is O=C(O)Cc1ccc(OCSc2ccccc2-n2cccc2)cc1. The molecule has 0 saturated heterocycles. The van der Waals surface area contributed by atoms with Crippen molar-refractivity contribution in [1.29, 1.82) is 0 Å². The second kappa shape index (κ2) is 7.75. The molecule has 1 aromatic heterocycles. The normalized spacial score (nSPS) is 10.5. The number of hydrogen-bond acceptors (Lipinski definition) is 3. The van der Waals surface area contributed by atoms with Gasteiger partial charge in [-0.25, -0.2) is 0 Å². The van der Waals surface area contributed by atoms with Gasteiger partial charge in [0, 0.05) is 17.3 Å². The van der Waals surface area contributed by atoms with Crippen LogP contribution in [0.3, 0.4) is 0 Å². The lowest BCUT2D eigenvalue weighted by molar-refractivity contribution is -0.136. The largest absolute Gasteiger partial charge is 0.483 e. The third kappa shape index (κ3) is 4.20. The van der Waals surface area contributed by atoms with Crippen molar-refractivity contribution < 1.29 is 14.6 Å². The average Bonchev–Trinajstić information content (AvgIpc) is 3.11. The van der Waals surface area contributed by atoms with Gasteiger partial charge >= 0.3 is 5.97 Å². The molecule has 0 unspecified atom stereocenters. The summed E-state index contributed by atoms with van der Waals surface area (Å²) in [5.41, 5.74) is 1.88. The Morgan fingerprint density at radius 2 is 1.71 bits per heavy atom. The molecule has 0 atom stereocenters. The van der Waals surface area contributed by atoms with E-state index in [1.54, 1.807) is 36.0 Å². The van der Waals surface area contributed by atoms with Gasteiger partial charge < -0.3 is 14.4 Å². The summed E-state index contributed by atoms with van der Waals surface area (Å²) >= 11 is 1.62. The monoisotopic (exact) mass is 339 g/mol. The van der Waals surface area contributed by atoms with Crippen LogP contribution in [0.25, 0.3) is 5.69 Å². The summed E-state index contributed by atoms with van der Waals surface area (Å²) in [5, 5.41) is 8.77. The van der Waals surface area contributed by atoms with Crippen molar-refractivity contribution >= 4 is 17.7 Å². The summed E-state index contributed by atoms with van der Waals surface area (Å²) in [6.07, 6.45) is 4.06. The Bertz CT molecular complexity index is 798. The van der Waals surface area contributed by atoms with Crippen molar-refractivity contribution in [2.45, 2.75) is 11.3 Å². The van der Waals surface area contributed by atoms with Gasteiger partial charge in [-0.05, 0) is 42.0 Å². The van der Waals surface area contributed by atoms with E-state index in [4.69, 9.17) is 9.84 Å². The van der Waals surface area contributed by atoms with Crippen LogP contribution in [0.1, 0.15) is 5.56 Å². The van der Waals surface area contributed by atoms with Crippen molar-refractivity contribution in [3.63, 3.8) is 0 Å². The van der Waals surface area contributed by atoms with Crippen molar-refractivity contribution in [2.24, 2.45) is 0 Å². The Hall–Kier alpha value is -2.66. The van der Waals surface area contributed by atoms with Crippen LogP contribution in [0.2, 0.25) is 0 Å². The van der Waals surface area contributed by atoms with Crippen LogP contribution in [0.5, 0.6) is 5.75 Å². The molecule has 0 aliphatic rings. The van der Waals surface area contributed by atoms with Gasteiger partial charge in [-0.3, -0.25) is 4.79 Å². The molecule has 24 heavy (non-hydrogen) atoms. The zero-order valence-electron chi connectivity index (χ0n) is 13.0. The van der Waals surface area contributed by atoms with Crippen LogP contribution in [-0.2, 0) is 11.2 Å². The fourth-order valence-electron chi connectivity index (χ4n) is 2.33. The minimum absolute atomic E-state index is 0.0271. The van der Waals surface area contributed by atoms with Gasteiger partial charge in [0.15, 0.2) is 0 Å². The third-order valence-corrected chi connectivity index (χ3v) is 4.36. The molecule has 0 bridgehead atoms. The predicted octanol–water partition coefficient (Wildman–Crippen LogP) is 4.23. The Morgan fingerprint density at radius 3 is 2.42 bits per heavy atom. The van der Waals surface area contributed by atoms with E-state index in [0.29, 0.717) is 5.94 Å². The molecule has 3 rings (SSSR count). The smallest absolute Gasteiger partial charge is 0.307 e. The molecule has 0 fully saturated rings. The van der Waals surface area contributed by atoms with Gasteiger partial charge in [-0.1, -0.05) is 36.0 Å². The first-order chi connectivity index (χ1) is 11.7. The van der Waals surface area contributed by atoms with Crippen LogP contribution in [-0.4, -0.2) is 21.6 Å². The maximum atomic E-state index is 10.7. The van der Waals surface area contributed by atoms with E-state index in [9.17, 15) is 4.79 Å². The maximum Gasteiger partial charge on any atom is 0.307 e. The number of nitrogens with zero attached hydrogens (tertiary/aromatic N) is 1. The zero-order valence-corrected chi connectivity index (χ0v) is 13.8. The number of carbonyl (C=O) groups is 1. The number of thioether (sulfide) groups is 1. The van der Waals surface area contributed by atoms with Crippen LogP contribution < -0.4 is 4.74 Å². The molecule has 1 N–H and O–H groups in total. The summed E-state index contributed by atoms with van der Waals surface area (Å²) in [4.78, 5) is 11.8. The van der Waals surface area contributed by atoms with Gasteiger partial charge in [0.05, 0.1) is 12.1 Å². The van der Waals surface area contributed by atoms with Gasteiger partial charge in [-0.2, -0.15) is 0 Å². The Kier molecular flexibility index (Phi) is 5.23. The van der Waals surface area contributed by atoms with E-state index in [1.165, 1.54) is 0 Å². The molecule has 122 valence electrons. The van der Waals surface area contributed by atoms with Gasteiger partial charge in [0.1, 0.15) is 11.7 Å². The summed E-state index contributed by atoms with van der Waals surface area (Å²) < 4.78 is 7.82. The van der Waals surface area contributed by atoms with Crippen LogP contribution in [0.4, 0.5) is 0 Å². The number of benzene rings is 2. The standard InChI is InChI=1S/C19H17NO3S/c21-19(22)13-15-7-9-16(10-8-15)23-14-24-18-6-2-1-5-17(18)20-11-3-4-12-20/h1-12H,13-14H2,(H,21,22). The average molecular weight is 339 g/mol. The fourth-order valence-corrected chi connectivity index (χ4v) is 3.14. The zero-order chi connectivity index (χ0) is 16.8.